The van der Waals surface area contributed by atoms with Crippen LogP contribution in [-0.2, 0) is 18.6 Å². The van der Waals surface area contributed by atoms with E-state index >= 15 is 0 Å². The molecule has 2 N–H and O–H groups in total. The highest BCUT2D eigenvalue weighted by Crippen LogP contribution is 2.31. The fourth-order valence-corrected chi connectivity index (χ4v) is 3.70. The largest absolute Gasteiger partial charge is 0.376 e. The van der Waals surface area contributed by atoms with Crippen LogP contribution in [0.25, 0.3) is 0 Å². The van der Waals surface area contributed by atoms with E-state index in [1.165, 1.54) is 14.2 Å². The maximum atomic E-state index is 12.6. The Balaban J connectivity index is 3.70. The minimum absolute atomic E-state index is 0.000804. The minimum Gasteiger partial charge on any atom is -0.376 e. The number of alkyl halides is 1. The Morgan fingerprint density at radius 3 is 1.78 bits per heavy atom. The second kappa shape index (κ2) is 28.7. The molecule has 0 aromatic heterocycles. The van der Waals surface area contributed by atoms with Gasteiger partial charge in [-0.05, 0) is 44.9 Å². The molecule has 0 saturated heterocycles. The summed E-state index contributed by atoms with van der Waals surface area (Å²) in [6.07, 6.45) is 32.4. The maximum Gasteiger partial charge on any atom is 0.255 e. The van der Waals surface area contributed by atoms with E-state index < -0.39 is 21.3 Å². The molecule has 2 atom stereocenters. The topological polar surface area (TPSA) is 68.8 Å². The van der Waals surface area contributed by atoms with Crippen molar-refractivity contribution >= 4 is 14.4 Å². The van der Waals surface area contributed by atoms with Crippen LogP contribution >= 0.6 is 8.53 Å². The molecule has 0 radical (unpaired) electrons. The molecule has 0 bridgehead atoms. The summed E-state index contributed by atoms with van der Waals surface area (Å²) in [6.45, 7) is 2.60. The van der Waals surface area contributed by atoms with Gasteiger partial charge in [0.2, 0.25) is 5.91 Å². The van der Waals surface area contributed by atoms with Crippen LogP contribution in [0.2, 0.25) is 0 Å². The number of methoxy groups -OCH3 is 1. The van der Waals surface area contributed by atoms with E-state index in [-0.39, 0.29) is 12.5 Å². The van der Waals surface area contributed by atoms with Crippen molar-refractivity contribution in [3.63, 3.8) is 0 Å². The molecule has 0 saturated carbocycles. The van der Waals surface area contributed by atoms with E-state index in [2.05, 4.69) is 84.2 Å². The Hall–Kier alpha value is -1.89. The normalized spacial score (nSPS) is 14.4. The number of carbonyl (C=O) groups is 1. The number of halogens is 1. The molecule has 0 heterocycles. The Bertz CT molecular complexity index is 704. The molecule has 2 unspecified atom stereocenters. The number of carbonyl (C=O) groups excluding carboxylic acids is 1. The fourth-order valence-electron chi connectivity index (χ4n) is 2.78. The van der Waals surface area contributed by atoms with Crippen LogP contribution in [0, 0.1) is 0 Å². The molecule has 0 fully saturated rings. The van der Waals surface area contributed by atoms with E-state index in [4.69, 9.17) is 13.8 Å². The van der Waals surface area contributed by atoms with Gasteiger partial charge >= 0.3 is 0 Å². The zero-order valence-electron chi connectivity index (χ0n) is 22.9. The average Bonchev–Trinajstić information content (AvgIpc) is 2.91. The van der Waals surface area contributed by atoms with Crippen molar-refractivity contribution < 1.29 is 23.0 Å². The lowest BCUT2D eigenvalue weighted by molar-refractivity contribution is -0.120. The summed E-state index contributed by atoms with van der Waals surface area (Å²) in [5.74, 6) is 0.000804. The van der Waals surface area contributed by atoms with Gasteiger partial charge in [0.25, 0.3) is 8.53 Å². The van der Waals surface area contributed by atoms with Crippen LogP contribution in [0.15, 0.2) is 72.9 Å². The molecular weight excluding hydrogens is 490 g/mol. The molecule has 0 aromatic carbocycles. The van der Waals surface area contributed by atoms with Gasteiger partial charge in [0.1, 0.15) is 12.8 Å². The molecule has 0 rings (SSSR count). The van der Waals surface area contributed by atoms with E-state index in [0.717, 1.165) is 38.5 Å². The number of ether oxygens (including phenoxy) is 1. The van der Waals surface area contributed by atoms with Crippen molar-refractivity contribution in [2.24, 2.45) is 0 Å². The average molecular weight is 539 g/mol. The third-order valence-corrected chi connectivity index (χ3v) is 6.07. The van der Waals surface area contributed by atoms with Gasteiger partial charge in [0, 0.05) is 33.7 Å². The smallest absolute Gasteiger partial charge is 0.255 e. The van der Waals surface area contributed by atoms with Gasteiger partial charge in [-0.15, -0.1) is 0 Å². The minimum atomic E-state index is -1.34. The highest BCUT2D eigenvalue weighted by Gasteiger charge is 2.13. The number of amides is 1. The van der Waals surface area contributed by atoms with Crippen molar-refractivity contribution in [2.45, 2.75) is 64.4 Å². The zero-order chi connectivity index (χ0) is 27.2. The first-order valence-electron chi connectivity index (χ1n) is 13.1. The molecule has 0 aromatic rings. The van der Waals surface area contributed by atoms with Crippen LogP contribution in [0.5, 0.6) is 0 Å². The molecular formula is C29H48FN2O4P. The van der Waals surface area contributed by atoms with Crippen LogP contribution in [-0.4, -0.2) is 52.6 Å². The molecule has 0 aliphatic heterocycles. The molecule has 0 aliphatic rings. The van der Waals surface area contributed by atoms with Crippen molar-refractivity contribution in [3.05, 3.63) is 72.9 Å². The molecule has 210 valence electrons. The van der Waals surface area contributed by atoms with Crippen molar-refractivity contribution in [1.29, 1.82) is 0 Å². The summed E-state index contributed by atoms with van der Waals surface area (Å²) in [6, 6.07) is 0. The van der Waals surface area contributed by atoms with Gasteiger partial charge in [-0.1, -0.05) is 79.8 Å². The molecule has 8 heteroatoms. The lowest BCUT2D eigenvalue weighted by Crippen LogP contribution is -2.30. The highest BCUT2D eigenvalue weighted by atomic mass is 31.2. The Morgan fingerprint density at radius 1 is 0.811 bits per heavy atom. The summed E-state index contributed by atoms with van der Waals surface area (Å²) in [5, 5.41) is 5.91. The summed E-state index contributed by atoms with van der Waals surface area (Å²) >= 11 is 0. The van der Waals surface area contributed by atoms with Gasteiger partial charge < -0.3 is 19.1 Å². The van der Waals surface area contributed by atoms with Gasteiger partial charge in [-0.3, -0.25) is 4.79 Å². The molecule has 1 amide bonds. The van der Waals surface area contributed by atoms with E-state index in [1.807, 2.05) is 6.08 Å². The fraction of sp³-hybridized carbons (Fsp3) is 0.552. The third-order valence-electron chi connectivity index (χ3n) is 4.87. The second-order valence-electron chi connectivity index (χ2n) is 7.96. The first kappa shape index (κ1) is 35.1. The molecule has 6 nitrogen and oxygen atoms in total. The van der Waals surface area contributed by atoms with Crippen LogP contribution in [0.4, 0.5) is 4.39 Å². The van der Waals surface area contributed by atoms with Crippen LogP contribution in [0.3, 0.4) is 0 Å². The van der Waals surface area contributed by atoms with Crippen LogP contribution < -0.4 is 10.4 Å². The molecule has 37 heavy (non-hydrogen) atoms. The van der Waals surface area contributed by atoms with E-state index in [9.17, 15) is 9.18 Å². The van der Waals surface area contributed by atoms with Crippen LogP contribution in [0.1, 0.15) is 58.3 Å². The lowest BCUT2D eigenvalue weighted by Gasteiger charge is -2.18. The number of hydrogen-bond donors (Lipinski definition) is 2. The lowest BCUT2D eigenvalue weighted by atomic mass is 10.2. The van der Waals surface area contributed by atoms with Gasteiger partial charge in [-0.2, -0.15) is 0 Å². The SMILES string of the molecule is CC/C=C\C/C=C\C/C=C\C/C=C\C/C=C\C/C=C\CCC(=O)NCCNP(OC)OCC(CF)OC. The third kappa shape index (κ3) is 25.5. The summed E-state index contributed by atoms with van der Waals surface area (Å²) in [7, 11) is 1.61. The van der Waals surface area contributed by atoms with Crippen molar-refractivity contribution in [2.75, 3.05) is 40.6 Å². The standard InChI is InChI=1S/C29H48FN2O4P/c1-4-5-6-7-8-9-10-11-12-13-14-15-16-17-18-19-20-21-22-23-29(33)31-24-25-32-37(35-3)36-27-28(26-30)34-2/h5-6,8-9,11-12,14-15,17-18,20-21,28,32H,4,7,10,13,16,19,22-27H2,1-3H3,(H,31,33)/b6-5-,9-8-,12-11-,15-14-,18-17-,21-20-. The summed E-state index contributed by atoms with van der Waals surface area (Å²) in [5.41, 5.74) is 0. The predicted molar refractivity (Wildman–Crippen MR) is 155 cm³/mol. The van der Waals surface area contributed by atoms with Gasteiger partial charge in [0.05, 0.1) is 6.61 Å². The Labute approximate surface area is 225 Å². The monoisotopic (exact) mass is 538 g/mol. The Kier molecular flexibility index (Phi) is 27.2. The zero-order valence-corrected chi connectivity index (χ0v) is 23.8. The van der Waals surface area contributed by atoms with Gasteiger partial charge in [-0.25, -0.2) is 9.48 Å². The number of hydrogen-bond acceptors (Lipinski definition) is 5. The number of rotatable bonds is 24. The molecule has 0 spiro atoms. The van der Waals surface area contributed by atoms with Crippen molar-refractivity contribution in [3.8, 4) is 0 Å². The van der Waals surface area contributed by atoms with E-state index in [0.29, 0.717) is 25.9 Å². The molecule has 0 aliphatic carbocycles. The number of allylic oxidation sites excluding steroid dienone is 12. The highest BCUT2D eigenvalue weighted by molar-refractivity contribution is 7.44. The second-order valence-corrected chi connectivity index (χ2v) is 9.41. The first-order chi connectivity index (χ1) is 18.2. The first-order valence-corrected chi connectivity index (χ1v) is 14.3. The predicted octanol–water partition coefficient (Wildman–Crippen LogP) is 7.04. The summed E-state index contributed by atoms with van der Waals surface area (Å²) in [4.78, 5) is 11.9. The summed E-state index contributed by atoms with van der Waals surface area (Å²) < 4.78 is 28.2. The maximum absolute atomic E-state index is 12.6. The quantitative estimate of drug-likeness (QED) is 0.0783. The van der Waals surface area contributed by atoms with Gasteiger partial charge in [0.15, 0.2) is 0 Å². The van der Waals surface area contributed by atoms with Crippen molar-refractivity contribution in [1.82, 2.24) is 10.4 Å². The number of nitrogens with one attached hydrogen (secondary N) is 2. The Morgan fingerprint density at radius 2 is 1.32 bits per heavy atom. The van der Waals surface area contributed by atoms with E-state index in [1.54, 1.807) is 0 Å².